The first kappa shape index (κ1) is 14.7. The molecule has 1 aromatic carbocycles. The fourth-order valence-corrected chi connectivity index (χ4v) is 3.59. The summed E-state index contributed by atoms with van der Waals surface area (Å²) in [4.78, 5) is 13.5. The summed E-state index contributed by atoms with van der Waals surface area (Å²) in [6, 6.07) is 7.73. The lowest BCUT2D eigenvalue weighted by molar-refractivity contribution is 0.0882. The first-order valence-electron chi connectivity index (χ1n) is 6.72. The molecule has 1 amide bonds. The van der Waals surface area contributed by atoms with Crippen LogP contribution in [0.15, 0.2) is 29.2 Å². The third-order valence-electron chi connectivity index (χ3n) is 3.80. The van der Waals surface area contributed by atoms with Crippen LogP contribution in [0.4, 0.5) is 0 Å². The molecule has 1 saturated carbocycles. The van der Waals surface area contributed by atoms with Gasteiger partial charge in [0.1, 0.15) is 0 Å². The van der Waals surface area contributed by atoms with E-state index in [2.05, 4.69) is 5.32 Å². The maximum absolute atomic E-state index is 12.5. The summed E-state index contributed by atoms with van der Waals surface area (Å²) >= 11 is 7.72. The Balaban J connectivity index is 2.15. The van der Waals surface area contributed by atoms with E-state index in [0.717, 1.165) is 36.1 Å². The Morgan fingerprint density at radius 1 is 1.32 bits per heavy atom. The van der Waals surface area contributed by atoms with Crippen LogP contribution in [-0.2, 0) is 0 Å². The maximum Gasteiger partial charge on any atom is 0.252 e. The molecule has 1 N–H and O–H groups in total. The highest BCUT2D eigenvalue weighted by molar-refractivity contribution is 7.98. The molecule has 0 radical (unpaired) electrons. The minimum absolute atomic E-state index is 0.00694. The van der Waals surface area contributed by atoms with Gasteiger partial charge >= 0.3 is 0 Å². The van der Waals surface area contributed by atoms with Crippen molar-refractivity contribution in [2.75, 3.05) is 12.1 Å². The summed E-state index contributed by atoms with van der Waals surface area (Å²) in [5.41, 5.74) is 0.549. The van der Waals surface area contributed by atoms with E-state index in [1.807, 2.05) is 30.5 Å². The summed E-state index contributed by atoms with van der Waals surface area (Å²) in [5.74, 6) is 0.507. The normalized spacial score (nSPS) is 18.0. The fraction of sp³-hybridized carbons (Fsp3) is 0.533. The average Bonchev–Trinajstić information content (AvgIpc) is 2.48. The minimum Gasteiger partial charge on any atom is -0.345 e. The minimum atomic E-state index is -0.206. The zero-order chi connectivity index (χ0) is 13.7. The molecule has 4 heteroatoms. The van der Waals surface area contributed by atoms with Crippen molar-refractivity contribution < 1.29 is 4.79 Å². The highest BCUT2D eigenvalue weighted by atomic mass is 35.5. The summed E-state index contributed by atoms with van der Waals surface area (Å²) < 4.78 is 0. The lowest BCUT2D eigenvalue weighted by Crippen LogP contribution is -2.51. The molecule has 0 unspecified atom stereocenters. The van der Waals surface area contributed by atoms with Crippen LogP contribution in [0.5, 0.6) is 0 Å². The highest BCUT2D eigenvalue weighted by Gasteiger charge is 2.33. The van der Waals surface area contributed by atoms with Crippen LogP contribution in [-0.4, -0.2) is 23.6 Å². The Labute approximate surface area is 124 Å². The van der Waals surface area contributed by atoms with Crippen molar-refractivity contribution in [3.63, 3.8) is 0 Å². The Kier molecular flexibility index (Phi) is 5.17. The lowest BCUT2D eigenvalue weighted by atomic mass is 9.83. The van der Waals surface area contributed by atoms with Crippen LogP contribution >= 0.6 is 23.4 Å². The van der Waals surface area contributed by atoms with Crippen molar-refractivity contribution in [3.05, 3.63) is 29.8 Å². The molecule has 0 heterocycles. The first-order valence-corrected chi connectivity index (χ1v) is 8.48. The predicted octanol–water partition coefficient (Wildman–Crippen LogP) is 4.08. The number of hydrogen-bond acceptors (Lipinski definition) is 2. The number of carbonyl (C=O) groups is 1. The van der Waals surface area contributed by atoms with Crippen LogP contribution in [0.3, 0.4) is 0 Å². The van der Waals surface area contributed by atoms with Crippen LogP contribution < -0.4 is 5.32 Å². The number of benzene rings is 1. The Morgan fingerprint density at radius 2 is 2.00 bits per heavy atom. The molecule has 0 saturated heterocycles. The molecule has 104 valence electrons. The molecule has 1 fully saturated rings. The molecule has 0 bridgehead atoms. The van der Waals surface area contributed by atoms with Gasteiger partial charge in [0.25, 0.3) is 5.91 Å². The SMILES string of the molecule is CSc1ccccc1C(=O)NC1(CCl)CCCCC1. The monoisotopic (exact) mass is 297 g/mol. The van der Waals surface area contributed by atoms with Crippen molar-refractivity contribution in [3.8, 4) is 0 Å². The summed E-state index contributed by atoms with van der Waals surface area (Å²) in [6.07, 6.45) is 7.52. The van der Waals surface area contributed by atoms with Gasteiger partial charge < -0.3 is 5.32 Å². The van der Waals surface area contributed by atoms with Gasteiger partial charge in [0.15, 0.2) is 0 Å². The second-order valence-corrected chi connectivity index (χ2v) is 6.24. The molecule has 1 aliphatic carbocycles. The van der Waals surface area contributed by atoms with E-state index in [9.17, 15) is 4.79 Å². The molecule has 19 heavy (non-hydrogen) atoms. The van der Waals surface area contributed by atoms with Gasteiger partial charge in [-0.3, -0.25) is 4.79 Å². The largest absolute Gasteiger partial charge is 0.345 e. The third kappa shape index (κ3) is 3.46. The number of hydrogen-bond donors (Lipinski definition) is 1. The zero-order valence-electron chi connectivity index (χ0n) is 11.2. The van der Waals surface area contributed by atoms with Gasteiger partial charge in [-0.2, -0.15) is 0 Å². The van der Waals surface area contributed by atoms with Crippen LogP contribution in [0.1, 0.15) is 42.5 Å². The molecule has 0 aliphatic heterocycles. The van der Waals surface area contributed by atoms with Crippen molar-refractivity contribution in [1.29, 1.82) is 0 Å². The molecule has 2 rings (SSSR count). The molecule has 0 aromatic heterocycles. The lowest BCUT2D eigenvalue weighted by Gasteiger charge is -2.36. The van der Waals surface area contributed by atoms with Crippen LogP contribution in [0, 0.1) is 0 Å². The molecule has 1 aromatic rings. The van der Waals surface area contributed by atoms with E-state index in [-0.39, 0.29) is 11.4 Å². The van der Waals surface area contributed by atoms with Gasteiger partial charge in [0.05, 0.1) is 11.1 Å². The van der Waals surface area contributed by atoms with E-state index in [4.69, 9.17) is 11.6 Å². The highest BCUT2D eigenvalue weighted by Crippen LogP contribution is 2.30. The number of carbonyl (C=O) groups excluding carboxylic acids is 1. The van der Waals surface area contributed by atoms with Crippen molar-refractivity contribution in [2.24, 2.45) is 0 Å². The number of nitrogens with one attached hydrogen (secondary N) is 1. The number of halogens is 1. The Hall–Kier alpha value is -0.670. The zero-order valence-corrected chi connectivity index (χ0v) is 12.8. The van der Waals surface area contributed by atoms with E-state index in [1.54, 1.807) is 11.8 Å². The van der Waals surface area contributed by atoms with Gasteiger partial charge in [0, 0.05) is 10.8 Å². The standard InChI is InChI=1S/C15H20ClNOS/c1-19-13-8-4-3-7-12(13)14(18)17-15(11-16)9-5-2-6-10-15/h3-4,7-8H,2,5-6,9-11H2,1H3,(H,17,18). The smallest absolute Gasteiger partial charge is 0.252 e. The van der Waals surface area contributed by atoms with Crippen molar-refractivity contribution >= 4 is 29.3 Å². The number of rotatable bonds is 4. The second kappa shape index (κ2) is 6.67. The van der Waals surface area contributed by atoms with Gasteiger partial charge in [-0.1, -0.05) is 31.4 Å². The molecule has 0 spiro atoms. The predicted molar refractivity (Wildman–Crippen MR) is 82.2 cm³/mol. The van der Waals surface area contributed by atoms with Crippen LogP contribution in [0.2, 0.25) is 0 Å². The van der Waals surface area contributed by atoms with E-state index in [0.29, 0.717) is 5.88 Å². The third-order valence-corrected chi connectivity index (χ3v) is 5.10. The first-order chi connectivity index (χ1) is 9.21. The summed E-state index contributed by atoms with van der Waals surface area (Å²) in [5, 5.41) is 3.19. The Bertz CT molecular complexity index is 444. The molecular formula is C15H20ClNOS. The number of thioether (sulfide) groups is 1. The van der Waals surface area contributed by atoms with E-state index in [1.165, 1.54) is 6.42 Å². The summed E-state index contributed by atoms with van der Waals surface area (Å²) in [7, 11) is 0. The van der Waals surface area contributed by atoms with E-state index >= 15 is 0 Å². The Morgan fingerprint density at radius 3 is 2.63 bits per heavy atom. The molecule has 1 aliphatic rings. The molecule has 0 atom stereocenters. The quantitative estimate of drug-likeness (QED) is 0.670. The fourth-order valence-electron chi connectivity index (χ4n) is 2.66. The molecule has 2 nitrogen and oxygen atoms in total. The van der Waals surface area contributed by atoms with Gasteiger partial charge in [0.2, 0.25) is 0 Å². The number of alkyl halides is 1. The van der Waals surface area contributed by atoms with Crippen molar-refractivity contribution in [2.45, 2.75) is 42.5 Å². The van der Waals surface area contributed by atoms with Gasteiger partial charge in [-0.15, -0.1) is 23.4 Å². The van der Waals surface area contributed by atoms with Crippen LogP contribution in [0.25, 0.3) is 0 Å². The average molecular weight is 298 g/mol. The van der Waals surface area contributed by atoms with Crippen molar-refractivity contribution in [1.82, 2.24) is 5.32 Å². The second-order valence-electron chi connectivity index (χ2n) is 5.13. The summed E-state index contributed by atoms with van der Waals surface area (Å²) in [6.45, 7) is 0. The molecular weight excluding hydrogens is 278 g/mol. The van der Waals surface area contributed by atoms with Gasteiger partial charge in [-0.25, -0.2) is 0 Å². The topological polar surface area (TPSA) is 29.1 Å². The van der Waals surface area contributed by atoms with E-state index < -0.39 is 0 Å². The van der Waals surface area contributed by atoms with Gasteiger partial charge in [-0.05, 0) is 31.2 Å². The number of amides is 1. The maximum atomic E-state index is 12.5.